The average Bonchev–Trinajstić information content (AvgIpc) is 2.51. The number of hydrogen-bond donors (Lipinski definition) is 0. The van der Waals surface area contributed by atoms with Crippen molar-refractivity contribution in [3.8, 4) is 0 Å². The summed E-state index contributed by atoms with van der Waals surface area (Å²) >= 11 is 0. The number of benzene rings is 1. The van der Waals surface area contributed by atoms with Gasteiger partial charge in [-0.2, -0.15) is 0 Å². The summed E-state index contributed by atoms with van der Waals surface area (Å²) in [5.41, 5.74) is -1.25. The van der Waals surface area contributed by atoms with Crippen molar-refractivity contribution in [3.05, 3.63) is 37.9 Å². The lowest BCUT2D eigenvalue weighted by molar-refractivity contribution is -0.393. The summed E-state index contributed by atoms with van der Waals surface area (Å²) in [6.45, 7) is 4.23. The minimum atomic E-state index is -0.872. The molecule has 1 saturated heterocycles. The number of nitro groups is 2. The Morgan fingerprint density at radius 3 is 2.25 bits per heavy atom. The maximum atomic E-state index is 12.1. The molecule has 0 unspecified atom stereocenters. The Bertz CT molecular complexity index is 681. The maximum Gasteiger partial charge on any atom is 0.340 e. The number of morpholine rings is 1. The third-order valence-corrected chi connectivity index (χ3v) is 3.62. The minimum absolute atomic E-state index is 0.0134. The zero-order valence-electron chi connectivity index (χ0n) is 13.4. The van der Waals surface area contributed by atoms with Crippen molar-refractivity contribution in [2.75, 3.05) is 25.1 Å². The fraction of sp³-hybridized carbons (Fsp3) is 0.500. The summed E-state index contributed by atoms with van der Waals surface area (Å²) in [6.07, 6.45) is -0.428. The van der Waals surface area contributed by atoms with E-state index >= 15 is 0 Å². The normalized spacial score (nSPS) is 20.5. The maximum absolute atomic E-state index is 12.1. The second-order valence-corrected chi connectivity index (χ2v) is 5.53. The quantitative estimate of drug-likeness (QED) is 0.462. The fourth-order valence-corrected chi connectivity index (χ4v) is 2.81. The van der Waals surface area contributed by atoms with Gasteiger partial charge in [-0.3, -0.25) is 20.2 Å². The Balaban J connectivity index is 2.68. The van der Waals surface area contributed by atoms with Crippen LogP contribution in [0.5, 0.6) is 0 Å². The molecule has 1 aliphatic rings. The predicted molar refractivity (Wildman–Crippen MR) is 83.3 cm³/mol. The molecule has 0 saturated carbocycles. The van der Waals surface area contributed by atoms with Gasteiger partial charge >= 0.3 is 5.97 Å². The minimum Gasteiger partial charge on any atom is -0.465 e. The van der Waals surface area contributed by atoms with Crippen LogP contribution in [0.3, 0.4) is 0 Å². The van der Waals surface area contributed by atoms with E-state index in [0.717, 1.165) is 19.2 Å². The van der Waals surface area contributed by atoms with Crippen LogP contribution in [0.4, 0.5) is 17.1 Å². The molecule has 1 aromatic carbocycles. The van der Waals surface area contributed by atoms with Gasteiger partial charge in [0, 0.05) is 19.2 Å². The number of carbonyl (C=O) groups excluding carboxylic acids is 1. The number of anilines is 1. The molecular formula is C14H17N3O7. The van der Waals surface area contributed by atoms with Crippen LogP contribution in [-0.4, -0.2) is 48.2 Å². The van der Waals surface area contributed by atoms with Crippen LogP contribution < -0.4 is 4.90 Å². The number of non-ortho nitro benzene ring substituents is 1. The number of ether oxygens (including phenoxy) is 2. The van der Waals surface area contributed by atoms with Gasteiger partial charge in [0.05, 0.1) is 40.8 Å². The van der Waals surface area contributed by atoms with Gasteiger partial charge < -0.3 is 14.4 Å². The van der Waals surface area contributed by atoms with Gasteiger partial charge in [0.1, 0.15) is 5.69 Å². The first-order chi connectivity index (χ1) is 11.2. The average molecular weight is 339 g/mol. The molecule has 1 heterocycles. The lowest BCUT2D eigenvalue weighted by Crippen LogP contribution is -2.46. The van der Waals surface area contributed by atoms with Crippen molar-refractivity contribution in [2.45, 2.75) is 26.1 Å². The molecule has 1 fully saturated rings. The second kappa shape index (κ2) is 6.79. The van der Waals surface area contributed by atoms with Gasteiger partial charge in [0.2, 0.25) is 0 Å². The van der Waals surface area contributed by atoms with Crippen LogP contribution >= 0.6 is 0 Å². The molecular weight excluding hydrogens is 322 g/mol. The molecule has 0 aliphatic carbocycles. The third kappa shape index (κ3) is 3.43. The summed E-state index contributed by atoms with van der Waals surface area (Å²) in [6, 6.07) is 1.85. The zero-order chi connectivity index (χ0) is 18.0. The van der Waals surface area contributed by atoms with Gasteiger partial charge in [-0.15, -0.1) is 0 Å². The molecule has 1 aromatic rings. The summed E-state index contributed by atoms with van der Waals surface area (Å²) in [5.74, 6) is -0.872. The lowest BCUT2D eigenvalue weighted by Gasteiger charge is -2.37. The Kier molecular flexibility index (Phi) is 4.98. The molecule has 0 N–H and O–H groups in total. The first-order valence-electron chi connectivity index (χ1n) is 7.20. The van der Waals surface area contributed by atoms with Gasteiger partial charge in [-0.1, -0.05) is 0 Å². The predicted octanol–water partition coefficient (Wildman–Crippen LogP) is 1.90. The number of hydrogen-bond acceptors (Lipinski definition) is 8. The molecule has 10 nitrogen and oxygen atoms in total. The van der Waals surface area contributed by atoms with Crippen LogP contribution in [-0.2, 0) is 9.47 Å². The standard InChI is InChI=1S/C14H17N3O7/c1-8-6-15(7-9(2)24-8)13-11(14(18)23-3)4-10(16(19)20)5-12(13)17(21)22/h4-5,8-9H,6-7H2,1-3H3/t8-,9+. The topological polar surface area (TPSA) is 125 Å². The molecule has 0 bridgehead atoms. The number of esters is 1. The first-order valence-corrected chi connectivity index (χ1v) is 7.20. The Morgan fingerprint density at radius 1 is 1.21 bits per heavy atom. The van der Waals surface area contributed by atoms with Crippen molar-refractivity contribution in [1.29, 1.82) is 0 Å². The summed E-state index contributed by atoms with van der Waals surface area (Å²) < 4.78 is 10.2. The van der Waals surface area contributed by atoms with Gasteiger partial charge in [-0.05, 0) is 13.8 Å². The summed E-state index contributed by atoms with van der Waals surface area (Å²) in [5, 5.41) is 22.5. The van der Waals surface area contributed by atoms with E-state index in [1.807, 2.05) is 0 Å². The van der Waals surface area contributed by atoms with E-state index in [0.29, 0.717) is 13.1 Å². The van der Waals surface area contributed by atoms with Crippen molar-refractivity contribution in [3.63, 3.8) is 0 Å². The summed E-state index contributed by atoms with van der Waals surface area (Å²) in [7, 11) is 1.11. The van der Waals surface area contributed by atoms with Gasteiger partial charge in [0.15, 0.2) is 0 Å². The number of rotatable bonds is 4. The molecule has 0 radical (unpaired) electrons. The first kappa shape index (κ1) is 17.6. The fourth-order valence-electron chi connectivity index (χ4n) is 2.81. The highest BCUT2D eigenvalue weighted by atomic mass is 16.6. The van der Waals surface area contributed by atoms with E-state index in [-0.39, 0.29) is 23.5 Å². The molecule has 2 atom stereocenters. The number of carbonyl (C=O) groups is 1. The highest BCUT2D eigenvalue weighted by Gasteiger charge is 2.34. The van der Waals surface area contributed by atoms with E-state index in [9.17, 15) is 25.0 Å². The van der Waals surface area contributed by atoms with Crippen LogP contribution in [0.25, 0.3) is 0 Å². The van der Waals surface area contributed by atoms with E-state index in [2.05, 4.69) is 4.74 Å². The van der Waals surface area contributed by atoms with Crippen molar-refractivity contribution in [1.82, 2.24) is 0 Å². The van der Waals surface area contributed by atoms with Crippen LogP contribution in [0, 0.1) is 20.2 Å². The molecule has 1 aliphatic heterocycles. The SMILES string of the molecule is COC(=O)c1cc([N+](=O)[O-])cc([N+](=O)[O-])c1N1C[C@@H](C)O[C@@H](C)C1. The van der Waals surface area contributed by atoms with Crippen LogP contribution in [0.1, 0.15) is 24.2 Å². The summed E-state index contributed by atoms with van der Waals surface area (Å²) in [4.78, 5) is 34.6. The second-order valence-electron chi connectivity index (χ2n) is 5.53. The van der Waals surface area contributed by atoms with Crippen molar-refractivity contribution >= 4 is 23.0 Å². The highest BCUT2D eigenvalue weighted by molar-refractivity contribution is 5.99. The molecule has 24 heavy (non-hydrogen) atoms. The van der Waals surface area contributed by atoms with E-state index in [4.69, 9.17) is 4.74 Å². The third-order valence-electron chi connectivity index (χ3n) is 3.62. The van der Waals surface area contributed by atoms with Crippen molar-refractivity contribution < 1.29 is 24.1 Å². The van der Waals surface area contributed by atoms with E-state index in [1.54, 1.807) is 18.7 Å². The molecule has 0 amide bonds. The number of nitrogens with zero attached hydrogens (tertiary/aromatic N) is 3. The van der Waals surface area contributed by atoms with Gasteiger partial charge in [-0.25, -0.2) is 4.79 Å². The smallest absolute Gasteiger partial charge is 0.340 e. The monoisotopic (exact) mass is 339 g/mol. The van der Waals surface area contributed by atoms with Crippen LogP contribution in [0.2, 0.25) is 0 Å². The van der Waals surface area contributed by atoms with Gasteiger partial charge in [0.25, 0.3) is 11.4 Å². The molecule has 2 rings (SSSR count). The molecule has 0 aromatic heterocycles. The molecule has 10 heteroatoms. The molecule has 130 valence electrons. The van der Waals surface area contributed by atoms with E-state index in [1.165, 1.54) is 0 Å². The number of methoxy groups -OCH3 is 1. The lowest BCUT2D eigenvalue weighted by atomic mass is 10.1. The van der Waals surface area contributed by atoms with Crippen molar-refractivity contribution in [2.24, 2.45) is 0 Å². The Labute approximate surface area is 137 Å². The van der Waals surface area contributed by atoms with Crippen LogP contribution in [0.15, 0.2) is 12.1 Å². The van der Waals surface area contributed by atoms with E-state index < -0.39 is 27.2 Å². The Hall–Kier alpha value is -2.75. The Morgan fingerprint density at radius 2 is 1.79 bits per heavy atom. The highest BCUT2D eigenvalue weighted by Crippen LogP contribution is 2.38. The molecule has 0 spiro atoms. The largest absolute Gasteiger partial charge is 0.465 e. The number of nitro benzene ring substituents is 2. The zero-order valence-corrected chi connectivity index (χ0v) is 13.4.